The normalized spacial score (nSPS) is 17.8. The van der Waals surface area contributed by atoms with Crippen LogP contribution in [0.5, 0.6) is 5.75 Å². The van der Waals surface area contributed by atoms with E-state index >= 15 is 0 Å². The second-order valence-corrected chi connectivity index (χ2v) is 18.4. The van der Waals surface area contributed by atoms with Crippen molar-refractivity contribution in [2.75, 3.05) is 64.8 Å². The number of benzene rings is 3. The molecular formula is C57H61N9O5. The summed E-state index contributed by atoms with van der Waals surface area (Å²) < 4.78 is 6.15. The molecule has 71 heavy (non-hydrogen) atoms. The number of pyridine rings is 1. The van der Waals surface area contributed by atoms with Gasteiger partial charge in [-0.1, -0.05) is 66.5 Å². The Morgan fingerprint density at radius 3 is 2.34 bits per heavy atom. The van der Waals surface area contributed by atoms with Crippen LogP contribution < -0.4 is 25.9 Å². The van der Waals surface area contributed by atoms with E-state index in [1.54, 1.807) is 17.2 Å². The molecule has 5 aromatic rings. The lowest BCUT2D eigenvalue weighted by atomic mass is 10.0. The molecule has 2 aromatic heterocycles. The van der Waals surface area contributed by atoms with E-state index in [9.17, 15) is 19.2 Å². The van der Waals surface area contributed by atoms with E-state index < -0.39 is 11.9 Å². The average molecular weight is 952 g/mol. The zero-order valence-electron chi connectivity index (χ0n) is 40.9. The van der Waals surface area contributed by atoms with Gasteiger partial charge in [0.15, 0.2) is 5.82 Å². The number of piperidine rings is 1. The number of piperazine rings is 1. The zero-order valence-corrected chi connectivity index (χ0v) is 40.9. The third-order valence-electron chi connectivity index (χ3n) is 13.8. The van der Waals surface area contributed by atoms with Gasteiger partial charge < -0.3 is 24.8 Å². The van der Waals surface area contributed by atoms with Crippen molar-refractivity contribution in [1.29, 1.82) is 0 Å². The maximum atomic E-state index is 13.7. The van der Waals surface area contributed by atoms with Crippen LogP contribution in [0.3, 0.4) is 0 Å². The van der Waals surface area contributed by atoms with Gasteiger partial charge in [0.1, 0.15) is 17.6 Å². The van der Waals surface area contributed by atoms with Gasteiger partial charge >= 0.3 is 0 Å². The topological polar surface area (TPSA) is 153 Å². The molecule has 0 spiro atoms. The van der Waals surface area contributed by atoms with E-state index in [-0.39, 0.29) is 24.1 Å². The summed E-state index contributed by atoms with van der Waals surface area (Å²) in [4.78, 5) is 73.7. The SMILES string of the molecule is C/C=c1/cc(-c2nc3c(c(NC)n2)CCN(C(=O)c2ccc(/C=C/c4ccc(C#CCN5CCN(CCCCCOc6cccc7c6CN(C6CCC(=O)NC6=O)C7=O)CC5)cc4)cc2)C3)cn/c1=C/C. The third kappa shape index (κ3) is 11.4. The molecule has 0 saturated carbocycles. The standard InChI is InChI=1S/C57H61N9O5/c1-4-42-35-44(36-59-48(42)5-2)53-60-49-38-65(29-26-46(49)54(58-3)62-53)56(69)43-22-20-41(21-23-43)19-18-40-16-14-39(15-17-40)11-10-28-64-32-30-63(31-33-64)27-7-6-8-34-71-51-13-9-12-45-47(51)37-66(57(45)70)50-24-25-52(67)61-55(50)68/h4-5,9,12-23,35-36,50H,6-8,24-34,37-38H2,1-3H3,(H,58,60,62)(H,61,67,68)/b19-18+,42-4-,48-5+. The number of anilines is 1. The zero-order chi connectivity index (χ0) is 49.3. The molecule has 2 saturated heterocycles. The van der Waals surface area contributed by atoms with Gasteiger partial charge in [0.05, 0.1) is 37.3 Å². The fourth-order valence-corrected chi connectivity index (χ4v) is 9.73. The van der Waals surface area contributed by atoms with Crippen molar-refractivity contribution >= 4 is 53.8 Å². The van der Waals surface area contributed by atoms with Gasteiger partial charge in [0.2, 0.25) is 11.8 Å². The van der Waals surface area contributed by atoms with Gasteiger partial charge in [-0.15, -0.1) is 0 Å². The van der Waals surface area contributed by atoms with Crippen molar-refractivity contribution in [3.63, 3.8) is 0 Å². The van der Waals surface area contributed by atoms with Crippen LogP contribution in [-0.4, -0.2) is 124 Å². The minimum atomic E-state index is -0.636. The highest BCUT2D eigenvalue weighted by atomic mass is 16.5. The number of rotatable bonds is 14. The molecular weight excluding hydrogens is 891 g/mol. The number of hydrogen-bond donors (Lipinski definition) is 2. The highest BCUT2D eigenvalue weighted by molar-refractivity contribution is 6.05. The highest BCUT2D eigenvalue weighted by Gasteiger charge is 2.40. The van der Waals surface area contributed by atoms with Crippen LogP contribution in [0.2, 0.25) is 0 Å². The number of carbonyl (C=O) groups excluding carboxylic acids is 4. The number of hydrogen-bond acceptors (Lipinski definition) is 11. The van der Waals surface area contributed by atoms with E-state index in [4.69, 9.17) is 14.7 Å². The molecule has 3 aromatic carbocycles. The Balaban J connectivity index is 0.676. The van der Waals surface area contributed by atoms with E-state index in [2.05, 4.69) is 79.7 Å². The van der Waals surface area contributed by atoms with E-state index in [0.717, 1.165) is 114 Å². The van der Waals surface area contributed by atoms with Crippen molar-refractivity contribution in [3.8, 4) is 29.0 Å². The van der Waals surface area contributed by atoms with E-state index in [1.165, 1.54) is 0 Å². The predicted molar refractivity (Wildman–Crippen MR) is 276 cm³/mol. The Morgan fingerprint density at radius 1 is 0.845 bits per heavy atom. The average Bonchev–Trinajstić information content (AvgIpc) is 3.74. The molecule has 364 valence electrons. The second kappa shape index (κ2) is 22.5. The smallest absolute Gasteiger partial charge is 0.255 e. The van der Waals surface area contributed by atoms with Crippen molar-refractivity contribution in [2.45, 2.75) is 71.5 Å². The maximum Gasteiger partial charge on any atom is 0.255 e. The number of nitrogens with zero attached hydrogens (tertiary/aromatic N) is 7. The van der Waals surface area contributed by atoms with Crippen molar-refractivity contribution in [3.05, 3.63) is 134 Å². The predicted octanol–water partition coefficient (Wildman–Crippen LogP) is 5.53. The van der Waals surface area contributed by atoms with Crippen LogP contribution in [0.15, 0.2) is 79.0 Å². The van der Waals surface area contributed by atoms with Crippen molar-refractivity contribution in [1.82, 2.24) is 39.9 Å². The summed E-state index contributed by atoms with van der Waals surface area (Å²) in [5, 5.41) is 7.55. The molecule has 0 radical (unpaired) electrons. The molecule has 0 aliphatic carbocycles. The van der Waals surface area contributed by atoms with E-state index in [0.29, 0.717) is 61.8 Å². The molecule has 14 nitrogen and oxygen atoms in total. The lowest BCUT2D eigenvalue weighted by Gasteiger charge is -2.33. The Kier molecular flexibility index (Phi) is 15.4. The minimum absolute atomic E-state index is 0.0197. The molecule has 0 bridgehead atoms. The van der Waals surface area contributed by atoms with E-state index in [1.807, 2.05) is 74.3 Å². The molecule has 4 aliphatic heterocycles. The molecule has 1 unspecified atom stereocenters. The van der Waals surface area contributed by atoms with Crippen LogP contribution in [0, 0.1) is 11.8 Å². The molecule has 6 heterocycles. The lowest BCUT2D eigenvalue weighted by Crippen LogP contribution is -2.52. The van der Waals surface area contributed by atoms with Crippen LogP contribution in [0.25, 0.3) is 35.7 Å². The Bertz CT molecular complexity index is 3020. The van der Waals surface area contributed by atoms with Crippen LogP contribution >= 0.6 is 0 Å². The maximum absolute atomic E-state index is 13.7. The summed E-state index contributed by atoms with van der Waals surface area (Å²) in [6, 6.07) is 23.0. The summed E-state index contributed by atoms with van der Waals surface area (Å²) in [6.45, 7) is 11.7. The minimum Gasteiger partial charge on any atom is -0.493 e. The number of aromatic nitrogens is 3. The molecule has 2 N–H and O–H groups in total. The molecule has 1 atom stereocenters. The van der Waals surface area contributed by atoms with Gasteiger partial charge in [-0.3, -0.25) is 34.4 Å². The van der Waals surface area contributed by atoms with Crippen molar-refractivity contribution < 1.29 is 23.9 Å². The molecule has 14 heteroatoms. The Hall–Kier alpha value is -7.47. The summed E-state index contributed by atoms with van der Waals surface area (Å²) in [5.41, 5.74) is 7.83. The van der Waals surface area contributed by atoms with Crippen LogP contribution in [0.1, 0.15) is 100 Å². The van der Waals surface area contributed by atoms with Gasteiger partial charge in [-0.05, 0) is 111 Å². The highest BCUT2D eigenvalue weighted by Crippen LogP contribution is 2.34. The summed E-state index contributed by atoms with van der Waals surface area (Å²) >= 11 is 0. The second-order valence-electron chi connectivity index (χ2n) is 18.4. The fourth-order valence-electron chi connectivity index (χ4n) is 9.73. The number of ether oxygens (including phenoxy) is 1. The van der Waals surface area contributed by atoms with Crippen LogP contribution in [0.4, 0.5) is 5.82 Å². The molecule has 2 fully saturated rings. The lowest BCUT2D eigenvalue weighted by molar-refractivity contribution is -0.136. The number of unbranched alkanes of at least 4 members (excludes halogenated alkanes) is 2. The van der Waals surface area contributed by atoms with Gasteiger partial charge in [0, 0.05) is 85.8 Å². The number of nitrogens with one attached hydrogen (secondary N) is 2. The first-order chi connectivity index (χ1) is 34.7. The number of imide groups is 1. The molecule has 9 rings (SSSR count). The summed E-state index contributed by atoms with van der Waals surface area (Å²) in [7, 11) is 1.87. The fraction of sp³-hybridized carbons (Fsp3) is 0.351. The van der Waals surface area contributed by atoms with Gasteiger partial charge in [0.25, 0.3) is 11.8 Å². The Morgan fingerprint density at radius 2 is 1.61 bits per heavy atom. The largest absolute Gasteiger partial charge is 0.493 e. The number of amides is 4. The number of fused-ring (bicyclic) bond motifs is 2. The van der Waals surface area contributed by atoms with Crippen molar-refractivity contribution in [2.24, 2.45) is 0 Å². The van der Waals surface area contributed by atoms with Gasteiger partial charge in [-0.25, -0.2) is 9.97 Å². The van der Waals surface area contributed by atoms with Crippen LogP contribution in [-0.2, 0) is 29.1 Å². The first-order valence-corrected chi connectivity index (χ1v) is 24.8. The monoisotopic (exact) mass is 951 g/mol. The molecule has 4 amide bonds. The summed E-state index contributed by atoms with van der Waals surface area (Å²) in [6.07, 6.45) is 14.3. The number of carbonyl (C=O) groups is 4. The summed E-state index contributed by atoms with van der Waals surface area (Å²) in [5.74, 6) is 7.88. The van der Waals surface area contributed by atoms with Gasteiger partial charge in [-0.2, -0.15) is 0 Å². The third-order valence-corrected chi connectivity index (χ3v) is 13.8. The quantitative estimate of drug-likeness (QED) is 0.0626. The first-order valence-electron chi connectivity index (χ1n) is 24.8. The first kappa shape index (κ1) is 48.5. The molecule has 4 aliphatic rings. The Labute approximate surface area is 415 Å².